The van der Waals surface area contributed by atoms with Gasteiger partial charge in [-0.15, -0.1) is 0 Å². The molecule has 4 rings (SSSR count). The molecule has 1 aromatic carbocycles. The molecule has 0 saturated carbocycles. The van der Waals surface area contributed by atoms with Gasteiger partial charge in [0.25, 0.3) is 0 Å². The highest BCUT2D eigenvalue weighted by Crippen LogP contribution is 2.43. The van der Waals surface area contributed by atoms with Gasteiger partial charge in [0.1, 0.15) is 17.2 Å². The lowest BCUT2D eigenvalue weighted by Crippen LogP contribution is -2.55. The van der Waals surface area contributed by atoms with Crippen LogP contribution in [0.15, 0.2) is 11.2 Å². The number of aryl methyl sites for hydroxylation is 2. The Morgan fingerprint density at radius 2 is 1.82 bits per heavy atom. The van der Waals surface area contributed by atoms with Crippen LogP contribution in [-0.4, -0.2) is 62.7 Å². The van der Waals surface area contributed by atoms with Gasteiger partial charge in [0.2, 0.25) is 5.16 Å². The van der Waals surface area contributed by atoms with Crippen molar-refractivity contribution in [2.24, 2.45) is 0 Å². The van der Waals surface area contributed by atoms with Crippen LogP contribution in [0.3, 0.4) is 0 Å². The van der Waals surface area contributed by atoms with E-state index in [0.29, 0.717) is 36.7 Å². The summed E-state index contributed by atoms with van der Waals surface area (Å²) in [4.78, 5) is 25.1. The Morgan fingerprint density at radius 1 is 1.15 bits per heavy atom. The molecule has 8 nitrogen and oxygen atoms in total. The minimum absolute atomic E-state index is 0.0214. The number of carbonyl (C=O) groups excluding carboxylic acids is 1. The zero-order valence-corrected chi connectivity index (χ0v) is 24.4. The highest BCUT2D eigenvalue weighted by Gasteiger charge is 2.42. The quantitative estimate of drug-likeness (QED) is 0.359. The summed E-state index contributed by atoms with van der Waals surface area (Å²) in [6, 6.07) is 0.958. The van der Waals surface area contributed by atoms with E-state index < -0.39 is 51.7 Å². The Hall–Kier alpha value is -2.80. The molecule has 13 heteroatoms. The van der Waals surface area contributed by atoms with E-state index in [0.717, 1.165) is 0 Å². The predicted octanol–water partition coefficient (Wildman–Crippen LogP) is 5.25. The van der Waals surface area contributed by atoms with Crippen LogP contribution in [0.2, 0.25) is 0 Å². The van der Waals surface area contributed by atoms with E-state index in [9.17, 15) is 22.2 Å². The fourth-order valence-electron chi connectivity index (χ4n) is 5.22. The lowest BCUT2D eigenvalue weighted by Gasteiger charge is -2.42. The van der Waals surface area contributed by atoms with Crippen molar-refractivity contribution in [2.75, 3.05) is 30.8 Å². The highest BCUT2D eigenvalue weighted by atomic mass is 32.2. The van der Waals surface area contributed by atoms with Crippen molar-refractivity contribution in [1.82, 2.24) is 14.9 Å². The molecule has 0 N–H and O–H groups in total. The third-order valence-corrected chi connectivity index (χ3v) is 7.65. The van der Waals surface area contributed by atoms with E-state index >= 15 is 4.39 Å². The summed E-state index contributed by atoms with van der Waals surface area (Å²) in [5, 5.41) is 0.0214. The number of carbonyl (C=O) groups is 1. The minimum Gasteiger partial charge on any atom is -0.444 e. The van der Waals surface area contributed by atoms with Gasteiger partial charge < -0.3 is 19.3 Å². The lowest BCUT2D eigenvalue weighted by molar-refractivity contribution is -0.140. The molecule has 1 fully saturated rings. The predicted molar refractivity (Wildman–Crippen MR) is 141 cm³/mol. The van der Waals surface area contributed by atoms with Gasteiger partial charge in [-0.25, -0.2) is 19.2 Å². The van der Waals surface area contributed by atoms with Gasteiger partial charge in [0.05, 0.1) is 34.8 Å². The molecule has 2 aliphatic heterocycles. The smallest absolute Gasteiger partial charge is 0.417 e. The molecule has 0 radical (unpaired) electrons. The zero-order valence-electron chi connectivity index (χ0n) is 23.6. The molecular formula is C27H34F4N4O4S. The Labute approximate surface area is 233 Å². The van der Waals surface area contributed by atoms with Crippen molar-refractivity contribution in [2.45, 2.75) is 83.6 Å². The Balaban J connectivity index is 1.70. The molecule has 0 spiro atoms. The topological polar surface area (TPSA) is 84.9 Å². The van der Waals surface area contributed by atoms with Gasteiger partial charge in [-0.05, 0) is 52.7 Å². The Kier molecular flexibility index (Phi) is 8.21. The number of hydrogen-bond acceptors (Lipinski definition) is 7. The maximum Gasteiger partial charge on any atom is 0.417 e. The molecule has 1 amide bonds. The average Bonchev–Trinajstić information content (AvgIpc) is 2.83. The van der Waals surface area contributed by atoms with Crippen molar-refractivity contribution in [1.29, 1.82) is 0 Å². The number of benzene rings is 1. The Bertz CT molecular complexity index is 1350. The van der Waals surface area contributed by atoms with E-state index in [1.54, 1.807) is 25.7 Å². The van der Waals surface area contributed by atoms with Gasteiger partial charge in [0, 0.05) is 49.5 Å². The third-order valence-electron chi connectivity index (χ3n) is 6.95. The molecule has 3 atom stereocenters. The number of fused-ring (bicyclic) bond motifs is 1. The zero-order chi connectivity index (χ0) is 29.7. The number of rotatable bonds is 3. The molecule has 2 unspecified atom stereocenters. The first-order valence-electron chi connectivity index (χ1n) is 12.9. The second kappa shape index (κ2) is 10.9. The fraction of sp³-hybridized carbons (Fsp3) is 0.593. The van der Waals surface area contributed by atoms with Crippen LogP contribution in [0.4, 0.5) is 28.2 Å². The maximum absolute atomic E-state index is 15.3. The highest BCUT2D eigenvalue weighted by molar-refractivity contribution is 7.84. The number of hydrogen-bond donors (Lipinski definition) is 0. The average molecular weight is 587 g/mol. The molecule has 40 heavy (non-hydrogen) atoms. The van der Waals surface area contributed by atoms with Gasteiger partial charge >= 0.3 is 12.3 Å². The van der Waals surface area contributed by atoms with Crippen molar-refractivity contribution in [3.8, 4) is 0 Å². The monoisotopic (exact) mass is 586 g/mol. The van der Waals surface area contributed by atoms with E-state index in [2.05, 4.69) is 9.97 Å². The summed E-state index contributed by atoms with van der Waals surface area (Å²) in [6.07, 6.45) is -5.19. The molecule has 2 aromatic rings. The van der Waals surface area contributed by atoms with E-state index in [1.165, 1.54) is 26.2 Å². The summed E-state index contributed by atoms with van der Waals surface area (Å²) in [5.41, 5.74) is -1.34. The van der Waals surface area contributed by atoms with Crippen LogP contribution in [0.5, 0.6) is 0 Å². The largest absolute Gasteiger partial charge is 0.444 e. The minimum atomic E-state index is -4.78. The summed E-state index contributed by atoms with van der Waals surface area (Å²) >= 11 is 0. The molecule has 1 aromatic heterocycles. The third kappa shape index (κ3) is 6.09. The molecular weight excluding hydrogens is 552 g/mol. The van der Waals surface area contributed by atoms with E-state index in [1.807, 2.05) is 11.8 Å². The number of aromatic nitrogens is 2. The molecule has 220 valence electrons. The number of nitrogens with zero attached hydrogens (tertiary/aromatic N) is 4. The number of alkyl halides is 3. The van der Waals surface area contributed by atoms with Crippen LogP contribution in [0.25, 0.3) is 0 Å². The van der Waals surface area contributed by atoms with Crippen LogP contribution < -0.4 is 4.90 Å². The van der Waals surface area contributed by atoms with Crippen molar-refractivity contribution < 1.29 is 36.0 Å². The van der Waals surface area contributed by atoms with Gasteiger partial charge in [-0.1, -0.05) is 6.07 Å². The number of halogens is 4. The lowest BCUT2D eigenvalue weighted by atomic mass is 9.90. The van der Waals surface area contributed by atoms with Crippen LogP contribution in [0, 0.1) is 19.7 Å². The summed E-state index contributed by atoms with van der Waals surface area (Å²) in [6.45, 7) is 10.9. The van der Waals surface area contributed by atoms with Crippen molar-refractivity contribution in [3.63, 3.8) is 0 Å². The van der Waals surface area contributed by atoms with Crippen LogP contribution in [0.1, 0.15) is 67.3 Å². The SMILES string of the molecule is Cc1cc(C)c(C(F)(F)F)c(C2Cc3nc(S(C)=O)nc(N4CCN(C(=O)OC(C)(C)C)C[C@H]4C)c3CO2)c1F. The standard InChI is InChI=1S/C27H34F4N4O4S/c1-14-10-15(2)22(28)20(21(14)27(29,30)31)19-11-18-17(13-38-19)23(33-24(32-18)40(7)37)35-9-8-34(12-16(35)3)25(36)39-26(4,5)6/h10,16,19H,8-9,11-13H2,1-7H3/t16-,19?,40?/m1/s1. The second-order valence-corrected chi connectivity index (χ2v) is 12.6. The van der Waals surface area contributed by atoms with Gasteiger partial charge in [-0.3, -0.25) is 4.21 Å². The Morgan fingerprint density at radius 3 is 2.40 bits per heavy atom. The van der Waals surface area contributed by atoms with Crippen molar-refractivity contribution >= 4 is 22.7 Å². The number of anilines is 1. The maximum atomic E-state index is 15.3. The molecule has 0 aliphatic carbocycles. The molecule has 0 bridgehead atoms. The van der Waals surface area contributed by atoms with Gasteiger partial charge in [0.15, 0.2) is 0 Å². The van der Waals surface area contributed by atoms with Crippen molar-refractivity contribution in [3.05, 3.63) is 45.4 Å². The molecule has 2 aliphatic rings. The first-order chi connectivity index (χ1) is 18.5. The van der Waals surface area contributed by atoms with Crippen LogP contribution >= 0.6 is 0 Å². The molecule has 1 saturated heterocycles. The molecule has 3 heterocycles. The van der Waals surface area contributed by atoms with E-state index in [4.69, 9.17) is 9.47 Å². The summed E-state index contributed by atoms with van der Waals surface area (Å²) < 4.78 is 81.2. The first kappa shape index (κ1) is 30.2. The van der Waals surface area contributed by atoms with Crippen LogP contribution in [-0.2, 0) is 39.5 Å². The number of amides is 1. The summed E-state index contributed by atoms with van der Waals surface area (Å²) in [7, 11) is -1.59. The summed E-state index contributed by atoms with van der Waals surface area (Å²) in [5.74, 6) is -0.520. The normalized spacial score (nSPS) is 20.8. The number of piperazine rings is 1. The first-order valence-corrected chi connectivity index (χ1v) is 14.5. The second-order valence-electron chi connectivity index (χ2n) is 11.3. The van der Waals surface area contributed by atoms with Gasteiger partial charge in [-0.2, -0.15) is 13.2 Å². The van der Waals surface area contributed by atoms with E-state index in [-0.39, 0.29) is 35.4 Å². The number of ether oxygens (including phenoxy) is 2. The fourth-order valence-corrected chi connectivity index (χ4v) is 5.67.